The van der Waals surface area contributed by atoms with Gasteiger partial charge in [-0.25, -0.2) is 0 Å². The van der Waals surface area contributed by atoms with Crippen LogP contribution in [0.15, 0.2) is 89.0 Å². The zero-order valence-electron chi connectivity index (χ0n) is 20.4. The van der Waals surface area contributed by atoms with E-state index >= 15 is 0 Å². The van der Waals surface area contributed by atoms with E-state index in [9.17, 15) is 19.5 Å². The number of Topliss-reactive ketones (excluding diaryl/α,β-unsaturated/α-hetero) is 1. The lowest BCUT2D eigenvalue weighted by Crippen LogP contribution is -2.42. The van der Waals surface area contributed by atoms with Crippen molar-refractivity contribution in [2.24, 2.45) is 5.92 Å². The summed E-state index contributed by atoms with van der Waals surface area (Å²) < 4.78 is 0.949. The molecule has 37 heavy (non-hydrogen) atoms. The van der Waals surface area contributed by atoms with E-state index in [1.54, 1.807) is 4.90 Å². The second-order valence-corrected chi connectivity index (χ2v) is 10.5. The number of anilines is 2. The van der Waals surface area contributed by atoms with Crippen molar-refractivity contribution in [1.82, 2.24) is 0 Å². The normalized spacial score (nSPS) is 20.7. The number of carboxylic acid groups (broad SMARTS) is 1. The third kappa shape index (κ3) is 5.09. The minimum Gasteiger partial charge on any atom is -0.481 e. The lowest BCUT2D eigenvalue weighted by atomic mass is 9.76. The van der Waals surface area contributed by atoms with Crippen LogP contribution >= 0.6 is 15.9 Å². The zero-order valence-corrected chi connectivity index (χ0v) is 21.9. The Balaban J connectivity index is 1.68. The van der Waals surface area contributed by atoms with Gasteiger partial charge in [0.2, 0.25) is 5.91 Å². The molecule has 1 heterocycles. The van der Waals surface area contributed by atoms with E-state index < -0.39 is 17.9 Å². The summed E-state index contributed by atoms with van der Waals surface area (Å²) in [6.07, 6.45) is 1.98. The quantitative estimate of drug-likeness (QED) is 0.379. The minimum atomic E-state index is -1.03. The highest BCUT2D eigenvalue weighted by atomic mass is 79.9. The van der Waals surface area contributed by atoms with Crippen LogP contribution in [0.4, 0.5) is 11.4 Å². The van der Waals surface area contributed by atoms with Crippen molar-refractivity contribution < 1.29 is 19.5 Å². The summed E-state index contributed by atoms with van der Waals surface area (Å²) in [7, 11) is 0. The van der Waals surface area contributed by atoms with Gasteiger partial charge in [0, 0.05) is 28.9 Å². The molecule has 1 aliphatic carbocycles. The number of fused-ring (bicyclic) bond motifs is 2. The average molecular weight is 559 g/mol. The fraction of sp³-hybridized carbons (Fsp3) is 0.233. The number of ketones is 1. The number of nitrogens with zero attached hydrogens (tertiary/aromatic N) is 1. The Morgan fingerprint density at radius 2 is 1.76 bits per heavy atom. The monoisotopic (exact) mass is 558 g/mol. The largest absolute Gasteiger partial charge is 0.481 e. The van der Waals surface area contributed by atoms with Crippen molar-refractivity contribution in [2.45, 2.75) is 38.1 Å². The number of carboxylic acids is 1. The minimum absolute atomic E-state index is 0.0318. The Hall–Kier alpha value is -3.71. The standard InChI is InChI=1S/C30H27BrN2O4/c1-18-9-11-19(12-10-18)30-29-24(16-21(17-26(29)34)20-5-4-6-22(31)15-20)32-23-7-2-3-8-25(23)33(30)27(35)13-14-28(36)37/h2-12,15-16,21,29-30,32H,13-14,17H2,1H3,(H,36,37). The molecule has 2 aliphatic rings. The number of rotatable bonds is 5. The van der Waals surface area contributed by atoms with Crippen LogP contribution in [0.25, 0.3) is 0 Å². The fourth-order valence-electron chi connectivity index (χ4n) is 5.29. The fourth-order valence-corrected chi connectivity index (χ4v) is 5.70. The Kier molecular flexibility index (Phi) is 6.98. The smallest absolute Gasteiger partial charge is 0.303 e. The van der Waals surface area contributed by atoms with Crippen LogP contribution in [0, 0.1) is 12.8 Å². The number of hydrogen-bond acceptors (Lipinski definition) is 4. The highest BCUT2D eigenvalue weighted by molar-refractivity contribution is 9.10. The highest BCUT2D eigenvalue weighted by Gasteiger charge is 2.45. The maximum Gasteiger partial charge on any atom is 0.303 e. The van der Waals surface area contributed by atoms with Gasteiger partial charge in [0.05, 0.1) is 29.8 Å². The van der Waals surface area contributed by atoms with Crippen molar-refractivity contribution >= 4 is 45.0 Å². The molecule has 0 saturated carbocycles. The molecule has 0 bridgehead atoms. The van der Waals surface area contributed by atoms with Crippen LogP contribution in [0.3, 0.4) is 0 Å². The number of carbonyl (C=O) groups excluding carboxylic acids is 2. The third-order valence-electron chi connectivity index (χ3n) is 7.04. The number of benzene rings is 3. The predicted molar refractivity (Wildman–Crippen MR) is 146 cm³/mol. The topological polar surface area (TPSA) is 86.7 Å². The lowest BCUT2D eigenvalue weighted by Gasteiger charge is -2.37. The van der Waals surface area contributed by atoms with Gasteiger partial charge in [-0.2, -0.15) is 0 Å². The third-order valence-corrected chi connectivity index (χ3v) is 7.53. The summed E-state index contributed by atoms with van der Waals surface area (Å²) in [5.41, 5.74) is 5.03. The molecule has 0 aromatic heterocycles. The van der Waals surface area contributed by atoms with E-state index in [1.807, 2.05) is 79.7 Å². The summed E-state index contributed by atoms with van der Waals surface area (Å²) in [6, 6.07) is 22.7. The summed E-state index contributed by atoms with van der Waals surface area (Å²) in [4.78, 5) is 40.6. The lowest BCUT2D eigenvalue weighted by molar-refractivity contribution is -0.138. The molecule has 3 unspecified atom stereocenters. The number of para-hydroxylation sites is 2. The van der Waals surface area contributed by atoms with E-state index in [2.05, 4.69) is 27.3 Å². The van der Waals surface area contributed by atoms with Gasteiger partial charge in [0.25, 0.3) is 0 Å². The van der Waals surface area contributed by atoms with Crippen LogP contribution in [0.5, 0.6) is 0 Å². The number of amides is 1. The number of hydrogen-bond donors (Lipinski definition) is 2. The summed E-state index contributed by atoms with van der Waals surface area (Å²) in [5, 5.41) is 12.7. The molecule has 3 aromatic rings. The molecule has 1 aliphatic heterocycles. The zero-order chi connectivity index (χ0) is 26.1. The number of aryl methyl sites for hydroxylation is 1. The SMILES string of the molecule is Cc1ccc(C2C3C(=O)CC(c4cccc(Br)c4)C=C3Nc3ccccc3N2C(=O)CCC(=O)O)cc1. The average Bonchev–Trinajstić information content (AvgIpc) is 3.02. The summed E-state index contributed by atoms with van der Waals surface area (Å²) in [5.74, 6) is -2.06. The second-order valence-electron chi connectivity index (χ2n) is 9.59. The molecule has 7 heteroatoms. The number of carbonyl (C=O) groups is 3. The first-order valence-electron chi connectivity index (χ1n) is 12.3. The number of nitrogens with one attached hydrogen (secondary N) is 1. The van der Waals surface area contributed by atoms with Crippen LogP contribution in [0.2, 0.25) is 0 Å². The summed E-state index contributed by atoms with van der Waals surface area (Å²) in [6.45, 7) is 1.99. The van der Waals surface area contributed by atoms with Crippen LogP contribution in [-0.2, 0) is 14.4 Å². The highest BCUT2D eigenvalue weighted by Crippen LogP contribution is 2.48. The molecule has 2 N–H and O–H groups in total. The van der Waals surface area contributed by atoms with Crippen molar-refractivity contribution in [3.63, 3.8) is 0 Å². The van der Waals surface area contributed by atoms with Crippen LogP contribution in [0.1, 0.15) is 47.9 Å². The van der Waals surface area contributed by atoms with Crippen LogP contribution < -0.4 is 10.2 Å². The van der Waals surface area contributed by atoms with Crippen molar-refractivity contribution in [1.29, 1.82) is 0 Å². The van der Waals surface area contributed by atoms with E-state index in [1.165, 1.54) is 0 Å². The number of allylic oxidation sites excluding steroid dienone is 1. The van der Waals surface area contributed by atoms with Gasteiger partial charge >= 0.3 is 5.97 Å². The molecule has 3 aromatic carbocycles. The predicted octanol–water partition coefficient (Wildman–Crippen LogP) is 6.38. The van der Waals surface area contributed by atoms with Crippen molar-refractivity contribution in [2.75, 3.05) is 10.2 Å². The van der Waals surface area contributed by atoms with Crippen molar-refractivity contribution in [3.05, 3.63) is 106 Å². The molecule has 188 valence electrons. The van der Waals surface area contributed by atoms with Crippen LogP contribution in [-0.4, -0.2) is 22.8 Å². The molecular formula is C30H27BrN2O4. The Morgan fingerprint density at radius 3 is 2.49 bits per heavy atom. The Bertz CT molecular complexity index is 1400. The Morgan fingerprint density at radius 1 is 1.00 bits per heavy atom. The molecular weight excluding hydrogens is 532 g/mol. The molecule has 0 spiro atoms. The molecule has 1 amide bonds. The molecule has 5 rings (SSSR count). The maximum atomic E-state index is 14.0. The van der Waals surface area contributed by atoms with E-state index in [-0.39, 0.29) is 30.4 Å². The maximum absolute atomic E-state index is 14.0. The first-order chi connectivity index (χ1) is 17.8. The summed E-state index contributed by atoms with van der Waals surface area (Å²) >= 11 is 3.53. The van der Waals surface area contributed by atoms with Gasteiger partial charge in [-0.3, -0.25) is 14.4 Å². The molecule has 6 nitrogen and oxygen atoms in total. The molecule has 3 atom stereocenters. The molecule has 0 radical (unpaired) electrons. The van der Waals surface area contributed by atoms with Gasteiger partial charge in [0.15, 0.2) is 0 Å². The molecule has 0 saturated heterocycles. The van der Waals surface area contributed by atoms with E-state index in [0.717, 1.165) is 26.9 Å². The number of halogens is 1. The van der Waals surface area contributed by atoms with E-state index in [4.69, 9.17) is 0 Å². The van der Waals surface area contributed by atoms with Crippen molar-refractivity contribution in [3.8, 4) is 0 Å². The first kappa shape index (κ1) is 25.0. The van der Waals surface area contributed by atoms with E-state index in [0.29, 0.717) is 17.8 Å². The molecule has 0 fully saturated rings. The first-order valence-corrected chi connectivity index (χ1v) is 13.1. The number of aliphatic carboxylic acids is 1. The van der Waals surface area contributed by atoms with Gasteiger partial charge in [-0.1, -0.05) is 76.1 Å². The van der Waals surface area contributed by atoms with Gasteiger partial charge in [-0.15, -0.1) is 0 Å². The second kappa shape index (κ2) is 10.3. The van der Waals surface area contributed by atoms with Gasteiger partial charge in [0.1, 0.15) is 5.78 Å². The Labute approximate surface area is 224 Å². The van der Waals surface area contributed by atoms with Gasteiger partial charge in [-0.05, 0) is 42.3 Å². The van der Waals surface area contributed by atoms with Gasteiger partial charge < -0.3 is 15.3 Å².